The van der Waals surface area contributed by atoms with Crippen molar-refractivity contribution in [2.45, 2.75) is 45.8 Å². The van der Waals surface area contributed by atoms with Gasteiger partial charge in [-0.15, -0.1) is 0 Å². The van der Waals surface area contributed by atoms with Gasteiger partial charge in [-0.05, 0) is 44.0 Å². The van der Waals surface area contributed by atoms with Gasteiger partial charge in [0.05, 0.1) is 5.69 Å². The van der Waals surface area contributed by atoms with Gasteiger partial charge in [0.2, 0.25) is 11.8 Å². The summed E-state index contributed by atoms with van der Waals surface area (Å²) in [6, 6.07) is 11.1. The maximum absolute atomic E-state index is 14.6. The summed E-state index contributed by atoms with van der Waals surface area (Å²) in [4.78, 5) is 27.7. The second-order valence-corrected chi connectivity index (χ2v) is 10.8. The summed E-state index contributed by atoms with van der Waals surface area (Å²) in [7, 11) is -1.66. The Bertz CT molecular complexity index is 1150. The van der Waals surface area contributed by atoms with E-state index in [4.69, 9.17) is 11.6 Å². The van der Waals surface area contributed by atoms with Crippen molar-refractivity contribution in [2.75, 3.05) is 24.9 Å². The van der Waals surface area contributed by atoms with Gasteiger partial charge in [-0.1, -0.05) is 48.9 Å². The van der Waals surface area contributed by atoms with E-state index in [1.165, 1.54) is 37.2 Å². The Labute approximate surface area is 211 Å². The maximum atomic E-state index is 14.6. The number of carbonyl (C=O) groups is 2. The molecule has 0 heterocycles. The monoisotopic (exact) mass is 526 g/mol. The Morgan fingerprint density at radius 1 is 1.06 bits per heavy atom. The van der Waals surface area contributed by atoms with Gasteiger partial charge in [-0.2, -0.15) is 12.7 Å². The number of anilines is 1. The van der Waals surface area contributed by atoms with Gasteiger partial charge < -0.3 is 10.2 Å². The number of hydrogen-bond donors (Lipinski definition) is 1. The molecule has 2 atom stereocenters. The first-order valence-corrected chi connectivity index (χ1v) is 13.0. The van der Waals surface area contributed by atoms with Crippen molar-refractivity contribution in [1.29, 1.82) is 0 Å². The van der Waals surface area contributed by atoms with Crippen LogP contribution in [0.25, 0.3) is 0 Å². The predicted octanol–water partition coefficient (Wildman–Crippen LogP) is 3.42. The van der Waals surface area contributed by atoms with Crippen molar-refractivity contribution >= 4 is 39.3 Å². The molecule has 0 saturated heterocycles. The molecule has 2 rings (SSSR count). The number of hydrogen-bond acceptors (Lipinski definition) is 4. The summed E-state index contributed by atoms with van der Waals surface area (Å²) in [5, 5.41) is 3.24. The summed E-state index contributed by atoms with van der Waals surface area (Å²) in [5.74, 6) is -1.89. The van der Waals surface area contributed by atoms with Crippen LogP contribution >= 0.6 is 11.6 Å². The molecule has 0 radical (unpaired) electrons. The van der Waals surface area contributed by atoms with Gasteiger partial charge >= 0.3 is 10.2 Å². The molecule has 0 spiro atoms. The third kappa shape index (κ3) is 7.16. The van der Waals surface area contributed by atoms with Crippen LogP contribution in [-0.2, 0) is 26.3 Å². The van der Waals surface area contributed by atoms with Crippen molar-refractivity contribution in [3.8, 4) is 0 Å². The minimum absolute atomic E-state index is 0.0409. The number of para-hydroxylation sites is 1. The molecule has 0 bridgehead atoms. The van der Waals surface area contributed by atoms with E-state index >= 15 is 0 Å². The fourth-order valence-electron chi connectivity index (χ4n) is 3.21. The van der Waals surface area contributed by atoms with Crippen molar-refractivity contribution in [3.05, 3.63) is 64.9 Å². The van der Waals surface area contributed by atoms with Crippen molar-refractivity contribution in [1.82, 2.24) is 14.5 Å². The topological polar surface area (TPSA) is 90.0 Å². The average Bonchev–Trinajstić information content (AvgIpc) is 2.81. The predicted molar refractivity (Wildman–Crippen MR) is 136 cm³/mol. The lowest BCUT2D eigenvalue weighted by molar-refractivity contribution is -0.139. The minimum atomic E-state index is -4.24. The van der Waals surface area contributed by atoms with Crippen molar-refractivity contribution in [2.24, 2.45) is 0 Å². The van der Waals surface area contributed by atoms with Gasteiger partial charge in [0.15, 0.2) is 0 Å². The molecule has 1 N–H and O–H groups in total. The number of nitrogens with zero attached hydrogens (tertiary/aromatic N) is 3. The second-order valence-electron chi connectivity index (χ2n) is 8.36. The molecule has 2 amide bonds. The largest absolute Gasteiger partial charge is 0.352 e. The molecule has 0 saturated carbocycles. The Morgan fingerprint density at radius 2 is 1.66 bits per heavy atom. The molecule has 8 nitrogen and oxygen atoms in total. The number of amides is 2. The quantitative estimate of drug-likeness (QED) is 0.486. The third-order valence-corrected chi connectivity index (χ3v) is 7.78. The number of carbonyl (C=O) groups excluding carboxylic acids is 2. The fourth-order valence-corrected chi connectivity index (χ4v) is 4.47. The number of rotatable bonds is 11. The lowest BCUT2D eigenvalue weighted by Crippen LogP contribution is -2.53. The minimum Gasteiger partial charge on any atom is -0.352 e. The van der Waals surface area contributed by atoms with Crippen LogP contribution in [0.15, 0.2) is 48.5 Å². The molecule has 0 aliphatic rings. The first kappa shape index (κ1) is 28.5. The molecule has 2 aromatic carbocycles. The van der Waals surface area contributed by atoms with E-state index in [0.717, 1.165) is 10.4 Å². The number of benzene rings is 2. The lowest BCUT2D eigenvalue weighted by Gasteiger charge is -2.33. The molecule has 2 aromatic rings. The van der Waals surface area contributed by atoms with E-state index in [1.54, 1.807) is 31.2 Å². The summed E-state index contributed by atoms with van der Waals surface area (Å²) >= 11 is 6.30. The molecule has 11 heteroatoms. The van der Waals surface area contributed by atoms with E-state index in [0.29, 0.717) is 21.3 Å². The first-order valence-electron chi connectivity index (χ1n) is 11.2. The average molecular weight is 527 g/mol. The van der Waals surface area contributed by atoms with Gasteiger partial charge in [0, 0.05) is 31.7 Å². The summed E-state index contributed by atoms with van der Waals surface area (Å²) in [5.41, 5.74) is 0.308. The van der Waals surface area contributed by atoms with E-state index in [-0.39, 0.29) is 18.3 Å². The Kier molecular flexibility index (Phi) is 10.1. The normalized spacial score (nSPS) is 13.3. The van der Waals surface area contributed by atoms with Crippen molar-refractivity contribution in [3.63, 3.8) is 0 Å². The van der Waals surface area contributed by atoms with Gasteiger partial charge in [0.1, 0.15) is 18.4 Å². The standard InChI is InChI=1S/C24H32ClFN4O4S/c1-6-17(2)27-24(32)18(3)29(15-19-11-7-8-12-20(19)25)23(31)16-30(35(33,34)28(4)5)22-14-10-9-13-21(22)26/h7-14,17-18H,6,15-16H2,1-5H3,(H,27,32). The van der Waals surface area contributed by atoms with Crippen LogP contribution in [0.4, 0.5) is 10.1 Å². The summed E-state index contributed by atoms with van der Waals surface area (Å²) in [6.07, 6.45) is 0.694. The number of halogens is 2. The molecule has 0 aliphatic heterocycles. The Morgan fingerprint density at radius 3 is 2.23 bits per heavy atom. The summed E-state index contributed by atoms with van der Waals surface area (Å²) < 4.78 is 42.3. The molecule has 0 aromatic heterocycles. The molecular weight excluding hydrogens is 495 g/mol. The zero-order valence-electron chi connectivity index (χ0n) is 20.5. The van der Waals surface area contributed by atoms with Crippen LogP contribution in [0.5, 0.6) is 0 Å². The van der Waals surface area contributed by atoms with Crippen LogP contribution in [0, 0.1) is 5.82 Å². The smallest absolute Gasteiger partial charge is 0.304 e. The number of nitrogens with one attached hydrogen (secondary N) is 1. The second kappa shape index (κ2) is 12.3. The highest BCUT2D eigenvalue weighted by molar-refractivity contribution is 7.90. The zero-order valence-corrected chi connectivity index (χ0v) is 22.1. The highest BCUT2D eigenvalue weighted by Crippen LogP contribution is 2.24. The van der Waals surface area contributed by atoms with Crippen molar-refractivity contribution < 1.29 is 22.4 Å². The SMILES string of the molecule is CCC(C)NC(=O)C(C)N(Cc1ccccc1Cl)C(=O)CN(c1ccccc1F)S(=O)(=O)N(C)C. The third-order valence-electron chi connectivity index (χ3n) is 5.61. The maximum Gasteiger partial charge on any atom is 0.304 e. The molecule has 0 fully saturated rings. The molecule has 0 aliphatic carbocycles. The first-order chi connectivity index (χ1) is 16.4. The summed E-state index contributed by atoms with van der Waals surface area (Å²) in [6.45, 7) is 4.56. The van der Waals surface area contributed by atoms with Crippen LogP contribution in [0.1, 0.15) is 32.8 Å². The highest BCUT2D eigenvalue weighted by atomic mass is 35.5. The van der Waals surface area contributed by atoms with Crippen LogP contribution in [-0.4, -0.2) is 62.2 Å². The van der Waals surface area contributed by atoms with E-state index in [2.05, 4.69) is 5.32 Å². The fraction of sp³-hybridized carbons (Fsp3) is 0.417. The Hall–Kier alpha value is -2.69. The van der Waals surface area contributed by atoms with E-state index in [9.17, 15) is 22.4 Å². The van der Waals surface area contributed by atoms with E-state index < -0.39 is 40.4 Å². The highest BCUT2D eigenvalue weighted by Gasteiger charge is 2.34. The molecular formula is C24H32ClFN4O4S. The molecule has 35 heavy (non-hydrogen) atoms. The van der Waals surface area contributed by atoms with Crippen LogP contribution < -0.4 is 9.62 Å². The molecule has 192 valence electrons. The van der Waals surface area contributed by atoms with Gasteiger partial charge in [0.25, 0.3) is 0 Å². The van der Waals surface area contributed by atoms with Crippen LogP contribution in [0.3, 0.4) is 0 Å². The van der Waals surface area contributed by atoms with E-state index in [1.807, 2.05) is 13.8 Å². The van der Waals surface area contributed by atoms with Gasteiger partial charge in [-0.3, -0.25) is 9.59 Å². The van der Waals surface area contributed by atoms with Crippen LogP contribution in [0.2, 0.25) is 5.02 Å². The zero-order chi connectivity index (χ0) is 26.3. The Balaban J connectivity index is 2.48. The lowest BCUT2D eigenvalue weighted by atomic mass is 10.1. The van der Waals surface area contributed by atoms with Gasteiger partial charge in [-0.25, -0.2) is 8.70 Å². The molecule has 2 unspecified atom stereocenters.